The highest BCUT2D eigenvalue weighted by atomic mass is 19.1. The van der Waals surface area contributed by atoms with E-state index in [1.54, 1.807) is 12.1 Å². The average molecular weight is 290 g/mol. The van der Waals surface area contributed by atoms with Crippen molar-refractivity contribution in [2.75, 3.05) is 18.8 Å². The third kappa shape index (κ3) is 3.23. The second-order valence-corrected chi connectivity index (χ2v) is 6.83. The number of halogens is 1. The van der Waals surface area contributed by atoms with Crippen LogP contribution in [0.25, 0.3) is 0 Å². The Labute approximate surface area is 127 Å². The molecule has 1 saturated heterocycles. The third-order valence-electron chi connectivity index (χ3n) is 5.43. The standard InChI is InChI=1S/C18H27FN2/c1-13-11-18(20)17(19)12-16(13)14-5-7-15(8-6-14)21-9-3-2-4-10-21/h11-12,14-15H,2-10,20H2,1H3/t14-,15+. The molecule has 1 aromatic rings. The van der Waals surface area contributed by atoms with E-state index in [0.29, 0.717) is 5.92 Å². The summed E-state index contributed by atoms with van der Waals surface area (Å²) in [5.41, 5.74) is 8.26. The molecule has 3 heteroatoms. The van der Waals surface area contributed by atoms with Crippen molar-refractivity contribution in [2.45, 2.75) is 63.8 Å². The van der Waals surface area contributed by atoms with Gasteiger partial charge in [-0.2, -0.15) is 0 Å². The van der Waals surface area contributed by atoms with Crippen LogP contribution in [0.2, 0.25) is 0 Å². The van der Waals surface area contributed by atoms with E-state index >= 15 is 0 Å². The van der Waals surface area contributed by atoms with Gasteiger partial charge < -0.3 is 10.6 Å². The minimum atomic E-state index is -0.256. The number of piperidine rings is 1. The first kappa shape index (κ1) is 14.8. The van der Waals surface area contributed by atoms with Crippen LogP contribution in [0.5, 0.6) is 0 Å². The number of rotatable bonds is 2. The molecule has 2 aliphatic rings. The summed E-state index contributed by atoms with van der Waals surface area (Å²) in [6.07, 6.45) is 9.02. The Morgan fingerprint density at radius 2 is 1.71 bits per heavy atom. The fourth-order valence-electron chi connectivity index (χ4n) is 4.19. The lowest BCUT2D eigenvalue weighted by atomic mass is 9.79. The molecular formula is C18H27FN2. The molecule has 3 rings (SSSR count). The fraction of sp³-hybridized carbons (Fsp3) is 0.667. The van der Waals surface area contributed by atoms with Crippen molar-refractivity contribution in [2.24, 2.45) is 0 Å². The van der Waals surface area contributed by atoms with Gasteiger partial charge in [0.05, 0.1) is 5.69 Å². The van der Waals surface area contributed by atoms with Crippen LogP contribution >= 0.6 is 0 Å². The van der Waals surface area contributed by atoms with Crippen LogP contribution in [0.4, 0.5) is 10.1 Å². The SMILES string of the molecule is Cc1cc(N)c(F)cc1[C@H]1CC[C@@H](N2CCCCC2)CC1. The predicted octanol–water partition coefficient (Wildman–Crippen LogP) is 4.23. The number of likely N-dealkylation sites (tertiary alicyclic amines) is 1. The van der Waals surface area contributed by atoms with Crippen molar-refractivity contribution >= 4 is 5.69 Å². The molecule has 0 bridgehead atoms. The number of nitrogens with zero attached hydrogens (tertiary/aromatic N) is 1. The number of hydrogen-bond donors (Lipinski definition) is 1. The van der Waals surface area contributed by atoms with Crippen molar-refractivity contribution in [1.29, 1.82) is 0 Å². The van der Waals surface area contributed by atoms with Gasteiger partial charge in [0.2, 0.25) is 0 Å². The van der Waals surface area contributed by atoms with Gasteiger partial charge in [0.15, 0.2) is 0 Å². The lowest BCUT2D eigenvalue weighted by Crippen LogP contribution is -2.41. The normalized spacial score (nSPS) is 27.7. The molecule has 2 nitrogen and oxygen atoms in total. The van der Waals surface area contributed by atoms with E-state index in [4.69, 9.17) is 5.73 Å². The Bertz CT molecular complexity index is 486. The van der Waals surface area contributed by atoms with Crippen molar-refractivity contribution in [1.82, 2.24) is 4.90 Å². The van der Waals surface area contributed by atoms with E-state index in [1.165, 1.54) is 63.6 Å². The van der Waals surface area contributed by atoms with Crippen LogP contribution in [0.1, 0.15) is 62.0 Å². The van der Waals surface area contributed by atoms with Gasteiger partial charge in [-0.25, -0.2) is 4.39 Å². The lowest BCUT2D eigenvalue weighted by molar-refractivity contribution is 0.125. The summed E-state index contributed by atoms with van der Waals surface area (Å²) in [7, 11) is 0. The summed E-state index contributed by atoms with van der Waals surface area (Å²) in [6, 6.07) is 4.23. The second kappa shape index (κ2) is 6.35. The molecule has 0 radical (unpaired) electrons. The van der Waals surface area contributed by atoms with Gasteiger partial charge in [0.25, 0.3) is 0 Å². The first-order valence-electron chi connectivity index (χ1n) is 8.44. The van der Waals surface area contributed by atoms with E-state index in [-0.39, 0.29) is 11.5 Å². The highest BCUT2D eigenvalue weighted by Crippen LogP contribution is 2.37. The van der Waals surface area contributed by atoms with Crippen LogP contribution in [0.3, 0.4) is 0 Å². The molecule has 21 heavy (non-hydrogen) atoms. The molecule has 0 atom stereocenters. The van der Waals surface area contributed by atoms with Crippen molar-refractivity contribution in [3.8, 4) is 0 Å². The number of nitrogen functional groups attached to an aromatic ring is 1. The van der Waals surface area contributed by atoms with Gasteiger partial charge in [0, 0.05) is 6.04 Å². The number of anilines is 1. The molecule has 0 unspecified atom stereocenters. The molecule has 2 fully saturated rings. The molecule has 0 spiro atoms. The van der Waals surface area contributed by atoms with Crippen LogP contribution in [0, 0.1) is 12.7 Å². The molecule has 1 aliphatic carbocycles. The Balaban J connectivity index is 1.64. The van der Waals surface area contributed by atoms with Crippen LogP contribution < -0.4 is 5.73 Å². The van der Waals surface area contributed by atoms with E-state index in [2.05, 4.69) is 11.8 Å². The van der Waals surface area contributed by atoms with E-state index in [1.807, 2.05) is 0 Å². The first-order valence-corrected chi connectivity index (χ1v) is 8.44. The summed E-state index contributed by atoms with van der Waals surface area (Å²) in [5.74, 6) is 0.259. The minimum Gasteiger partial charge on any atom is -0.396 e. The number of nitrogens with two attached hydrogens (primary N) is 1. The van der Waals surface area contributed by atoms with Gasteiger partial charge in [0.1, 0.15) is 5.82 Å². The molecule has 0 aromatic heterocycles. The maximum absolute atomic E-state index is 13.7. The zero-order valence-corrected chi connectivity index (χ0v) is 13.1. The average Bonchev–Trinajstić information content (AvgIpc) is 2.52. The smallest absolute Gasteiger partial charge is 0.146 e. The molecule has 0 amide bonds. The summed E-state index contributed by atoms with van der Waals surface area (Å²) < 4.78 is 13.7. The van der Waals surface area contributed by atoms with E-state index in [0.717, 1.165) is 11.6 Å². The highest BCUT2D eigenvalue weighted by molar-refractivity contribution is 5.47. The molecular weight excluding hydrogens is 263 g/mol. The summed E-state index contributed by atoms with van der Waals surface area (Å²) in [6.45, 7) is 4.62. The summed E-state index contributed by atoms with van der Waals surface area (Å²) in [4.78, 5) is 2.69. The molecule has 1 saturated carbocycles. The number of hydrogen-bond acceptors (Lipinski definition) is 2. The Kier molecular flexibility index (Phi) is 4.48. The summed E-state index contributed by atoms with van der Waals surface area (Å²) in [5, 5.41) is 0. The van der Waals surface area contributed by atoms with E-state index < -0.39 is 0 Å². The second-order valence-electron chi connectivity index (χ2n) is 6.83. The van der Waals surface area contributed by atoms with Crippen LogP contribution in [0.15, 0.2) is 12.1 Å². The Morgan fingerprint density at radius 1 is 1.05 bits per heavy atom. The highest BCUT2D eigenvalue weighted by Gasteiger charge is 2.28. The van der Waals surface area contributed by atoms with Gasteiger partial charge in [-0.3, -0.25) is 0 Å². The Morgan fingerprint density at radius 3 is 2.38 bits per heavy atom. The maximum atomic E-state index is 13.7. The predicted molar refractivity (Wildman–Crippen MR) is 86.0 cm³/mol. The Hall–Kier alpha value is -1.09. The van der Waals surface area contributed by atoms with Gasteiger partial charge >= 0.3 is 0 Å². The largest absolute Gasteiger partial charge is 0.396 e. The number of benzene rings is 1. The van der Waals surface area contributed by atoms with Gasteiger partial charge in [-0.1, -0.05) is 6.42 Å². The van der Waals surface area contributed by atoms with Crippen molar-refractivity contribution in [3.05, 3.63) is 29.1 Å². The van der Waals surface area contributed by atoms with Crippen LogP contribution in [-0.2, 0) is 0 Å². The van der Waals surface area contributed by atoms with Crippen molar-refractivity contribution < 1.29 is 4.39 Å². The minimum absolute atomic E-state index is 0.256. The quantitative estimate of drug-likeness (QED) is 0.826. The van der Waals surface area contributed by atoms with Gasteiger partial charge in [-0.15, -0.1) is 0 Å². The molecule has 1 aromatic carbocycles. The first-order chi connectivity index (χ1) is 10.1. The molecule has 116 valence electrons. The summed E-state index contributed by atoms with van der Waals surface area (Å²) >= 11 is 0. The molecule has 1 aliphatic heterocycles. The zero-order valence-electron chi connectivity index (χ0n) is 13.1. The van der Waals surface area contributed by atoms with Crippen molar-refractivity contribution in [3.63, 3.8) is 0 Å². The van der Waals surface area contributed by atoms with E-state index in [9.17, 15) is 4.39 Å². The van der Waals surface area contributed by atoms with Crippen LogP contribution in [-0.4, -0.2) is 24.0 Å². The third-order valence-corrected chi connectivity index (χ3v) is 5.43. The maximum Gasteiger partial charge on any atom is 0.146 e. The van der Waals surface area contributed by atoms with Gasteiger partial charge in [-0.05, 0) is 87.7 Å². The molecule has 1 heterocycles. The topological polar surface area (TPSA) is 29.3 Å². The zero-order chi connectivity index (χ0) is 14.8. The molecule has 2 N–H and O–H groups in total. The monoisotopic (exact) mass is 290 g/mol. The lowest BCUT2D eigenvalue weighted by Gasteiger charge is -2.39. The fourth-order valence-corrected chi connectivity index (χ4v) is 4.19. The number of aryl methyl sites for hydroxylation is 1.